The number of nitrogens with one attached hydrogen (secondary N) is 2. The molecule has 0 aromatic carbocycles. The molecule has 130 valence electrons. The Labute approximate surface area is 141 Å². The van der Waals surface area contributed by atoms with Crippen LogP contribution in [0.2, 0.25) is 0 Å². The summed E-state index contributed by atoms with van der Waals surface area (Å²) in [7, 11) is 0. The predicted octanol–water partition coefficient (Wildman–Crippen LogP) is 1.18. The van der Waals surface area contributed by atoms with Gasteiger partial charge in [0.05, 0.1) is 0 Å². The van der Waals surface area contributed by atoms with Crippen molar-refractivity contribution in [3.8, 4) is 6.01 Å². The van der Waals surface area contributed by atoms with Crippen LogP contribution in [-0.2, 0) is 9.59 Å². The zero-order chi connectivity index (χ0) is 17.1. The van der Waals surface area contributed by atoms with E-state index in [0.29, 0.717) is 18.9 Å². The number of rotatable bonds is 4. The van der Waals surface area contributed by atoms with Crippen molar-refractivity contribution in [2.75, 3.05) is 0 Å². The lowest BCUT2D eigenvalue weighted by atomic mass is 9.92. The first-order valence-electron chi connectivity index (χ1n) is 8.58. The molecule has 24 heavy (non-hydrogen) atoms. The summed E-state index contributed by atoms with van der Waals surface area (Å²) in [6.45, 7) is 3.85. The van der Waals surface area contributed by atoms with E-state index in [4.69, 9.17) is 4.74 Å². The lowest BCUT2D eigenvalue weighted by Crippen LogP contribution is -2.47. The summed E-state index contributed by atoms with van der Waals surface area (Å²) < 4.78 is 5.89. The minimum atomic E-state index is -0.366. The Morgan fingerprint density at radius 2 is 1.83 bits per heavy atom. The topological polar surface area (TPSA) is 93.2 Å². The Hall–Kier alpha value is -2.18. The van der Waals surface area contributed by atoms with Gasteiger partial charge in [0.2, 0.25) is 11.8 Å². The van der Waals surface area contributed by atoms with Crippen LogP contribution in [0, 0.1) is 13.8 Å². The monoisotopic (exact) mass is 332 g/mol. The number of carbonyl (C=O) groups excluding carboxylic acids is 2. The van der Waals surface area contributed by atoms with Crippen LogP contribution in [0.5, 0.6) is 6.01 Å². The van der Waals surface area contributed by atoms with Crippen molar-refractivity contribution >= 4 is 11.8 Å². The van der Waals surface area contributed by atoms with Crippen LogP contribution in [0.4, 0.5) is 0 Å². The summed E-state index contributed by atoms with van der Waals surface area (Å²) in [4.78, 5) is 31.9. The molecule has 1 saturated carbocycles. The van der Waals surface area contributed by atoms with Gasteiger partial charge in [-0.05, 0) is 52.0 Å². The lowest BCUT2D eigenvalue weighted by Gasteiger charge is -2.29. The first-order valence-corrected chi connectivity index (χ1v) is 8.58. The second kappa shape index (κ2) is 7.15. The number of hydrogen-bond donors (Lipinski definition) is 2. The molecule has 2 aliphatic rings. The maximum Gasteiger partial charge on any atom is 0.317 e. The van der Waals surface area contributed by atoms with Gasteiger partial charge in [0.25, 0.3) is 0 Å². The van der Waals surface area contributed by atoms with E-state index in [1.54, 1.807) is 0 Å². The molecule has 1 aliphatic carbocycles. The van der Waals surface area contributed by atoms with Gasteiger partial charge >= 0.3 is 6.01 Å². The maximum absolute atomic E-state index is 12.1. The Kier molecular flexibility index (Phi) is 4.97. The number of aromatic nitrogens is 2. The molecule has 7 heteroatoms. The standard InChI is InChI=1S/C17H24N4O3/c1-10-9-11(2)19-17(18-10)24-13-5-3-12(4-6-13)20-16(23)14-7-8-15(22)21-14/h9,12-14H,3-8H2,1-2H3,(H,20,23)(H,21,22)/t12?,13?,14-/m1/s1. The Bertz CT molecular complexity index is 606. The van der Waals surface area contributed by atoms with Gasteiger partial charge in [0.1, 0.15) is 12.1 Å². The third-order valence-electron chi connectivity index (χ3n) is 4.57. The number of aryl methyl sites for hydroxylation is 2. The van der Waals surface area contributed by atoms with Crippen molar-refractivity contribution in [2.24, 2.45) is 0 Å². The molecule has 2 heterocycles. The molecule has 2 N–H and O–H groups in total. The van der Waals surface area contributed by atoms with E-state index >= 15 is 0 Å². The van der Waals surface area contributed by atoms with Gasteiger partial charge in [-0.2, -0.15) is 0 Å². The van der Waals surface area contributed by atoms with Gasteiger partial charge in [0.15, 0.2) is 0 Å². The molecule has 1 aromatic heterocycles. The molecule has 1 atom stereocenters. The van der Waals surface area contributed by atoms with Crippen LogP contribution in [-0.4, -0.2) is 40.0 Å². The normalized spacial score (nSPS) is 26.8. The van der Waals surface area contributed by atoms with Gasteiger partial charge < -0.3 is 15.4 Å². The second-order valence-corrected chi connectivity index (χ2v) is 6.69. The average molecular weight is 332 g/mol. The molecule has 7 nitrogen and oxygen atoms in total. The van der Waals surface area contributed by atoms with Gasteiger partial charge in [-0.25, -0.2) is 9.97 Å². The van der Waals surface area contributed by atoms with E-state index in [1.165, 1.54) is 0 Å². The van der Waals surface area contributed by atoms with Crippen molar-refractivity contribution in [2.45, 2.75) is 70.6 Å². The molecule has 0 bridgehead atoms. The fraction of sp³-hybridized carbons (Fsp3) is 0.647. The van der Waals surface area contributed by atoms with E-state index in [2.05, 4.69) is 20.6 Å². The lowest BCUT2D eigenvalue weighted by molar-refractivity contribution is -0.126. The molecule has 0 radical (unpaired) electrons. The summed E-state index contributed by atoms with van der Waals surface area (Å²) in [6, 6.07) is 2.14. The predicted molar refractivity (Wildman–Crippen MR) is 87.5 cm³/mol. The van der Waals surface area contributed by atoms with Crippen molar-refractivity contribution in [1.29, 1.82) is 0 Å². The summed E-state index contributed by atoms with van der Waals surface area (Å²) in [5, 5.41) is 5.75. The number of carbonyl (C=O) groups is 2. The number of nitrogens with zero attached hydrogens (tertiary/aromatic N) is 2. The smallest absolute Gasteiger partial charge is 0.317 e. The summed E-state index contributed by atoms with van der Waals surface area (Å²) in [5.41, 5.74) is 1.80. The SMILES string of the molecule is Cc1cc(C)nc(OC2CCC(NC(=O)[C@H]3CCC(=O)N3)CC2)n1. The first-order chi connectivity index (χ1) is 11.5. The highest BCUT2D eigenvalue weighted by Crippen LogP contribution is 2.23. The molecule has 1 aliphatic heterocycles. The highest BCUT2D eigenvalue weighted by molar-refractivity contribution is 5.90. The third kappa shape index (κ3) is 4.21. The van der Waals surface area contributed by atoms with Crippen molar-refractivity contribution < 1.29 is 14.3 Å². The number of amides is 2. The van der Waals surface area contributed by atoms with Crippen LogP contribution in [0.1, 0.15) is 49.9 Å². The van der Waals surface area contributed by atoms with Crippen molar-refractivity contribution in [3.63, 3.8) is 0 Å². The van der Waals surface area contributed by atoms with Gasteiger partial charge in [-0.3, -0.25) is 9.59 Å². The molecule has 1 saturated heterocycles. The van der Waals surface area contributed by atoms with E-state index in [0.717, 1.165) is 37.1 Å². The highest BCUT2D eigenvalue weighted by atomic mass is 16.5. The zero-order valence-electron chi connectivity index (χ0n) is 14.2. The zero-order valence-corrected chi connectivity index (χ0v) is 14.2. The summed E-state index contributed by atoms with van der Waals surface area (Å²) in [5.74, 6) is -0.108. The molecule has 3 rings (SSSR count). The minimum Gasteiger partial charge on any atom is -0.460 e. The van der Waals surface area contributed by atoms with Crippen LogP contribution < -0.4 is 15.4 Å². The molecule has 2 fully saturated rings. The minimum absolute atomic E-state index is 0.0410. The summed E-state index contributed by atoms with van der Waals surface area (Å²) in [6.07, 6.45) is 4.56. The molecule has 0 spiro atoms. The average Bonchev–Trinajstić information content (AvgIpc) is 2.95. The quantitative estimate of drug-likeness (QED) is 0.863. The van der Waals surface area contributed by atoms with E-state index in [-0.39, 0.29) is 30.0 Å². The number of ether oxygens (including phenoxy) is 1. The molecule has 1 aromatic rings. The highest BCUT2D eigenvalue weighted by Gasteiger charge is 2.30. The molecular formula is C17H24N4O3. The molecule has 2 amide bonds. The van der Waals surface area contributed by atoms with E-state index < -0.39 is 0 Å². The first kappa shape index (κ1) is 16.7. The van der Waals surface area contributed by atoms with Crippen molar-refractivity contribution in [1.82, 2.24) is 20.6 Å². The second-order valence-electron chi connectivity index (χ2n) is 6.69. The number of hydrogen-bond acceptors (Lipinski definition) is 5. The van der Waals surface area contributed by atoms with Crippen LogP contribution in [0.25, 0.3) is 0 Å². The maximum atomic E-state index is 12.1. The largest absolute Gasteiger partial charge is 0.460 e. The molecule has 0 unspecified atom stereocenters. The third-order valence-corrected chi connectivity index (χ3v) is 4.57. The molecular weight excluding hydrogens is 308 g/mol. The van der Waals surface area contributed by atoms with Gasteiger partial charge in [-0.15, -0.1) is 0 Å². The van der Waals surface area contributed by atoms with Gasteiger partial charge in [-0.1, -0.05) is 0 Å². The van der Waals surface area contributed by atoms with E-state index in [1.807, 2.05) is 19.9 Å². The Morgan fingerprint density at radius 3 is 2.42 bits per heavy atom. The van der Waals surface area contributed by atoms with Crippen LogP contribution >= 0.6 is 0 Å². The summed E-state index contributed by atoms with van der Waals surface area (Å²) >= 11 is 0. The Morgan fingerprint density at radius 1 is 1.17 bits per heavy atom. The van der Waals surface area contributed by atoms with Crippen LogP contribution in [0.3, 0.4) is 0 Å². The van der Waals surface area contributed by atoms with E-state index in [9.17, 15) is 9.59 Å². The fourth-order valence-electron chi connectivity index (χ4n) is 3.33. The van der Waals surface area contributed by atoms with Crippen LogP contribution in [0.15, 0.2) is 6.07 Å². The fourth-order valence-corrected chi connectivity index (χ4v) is 3.33. The van der Waals surface area contributed by atoms with Crippen molar-refractivity contribution in [3.05, 3.63) is 17.5 Å². The van der Waals surface area contributed by atoms with Gasteiger partial charge in [0, 0.05) is 23.9 Å². The Balaban J connectivity index is 1.45.